The molecule has 0 saturated carbocycles. The van der Waals surface area contributed by atoms with Crippen molar-refractivity contribution in [2.45, 2.75) is 13.1 Å². The summed E-state index contributed by atoms with van der Waals surface area (Å²) in [4.78, 5) is 3.63. The summed E-state index contributed by atoms with van der Waals surface area (Å²) in [5.74, 6) is 0. The highest BCUT2D eigenvalue weighted by molar-refractivity contribution is 5.44. The summed E-state index contributed by atoms with van der Waals surface area (Å²) in [6.07, 6.45) is -0.119. The van der Waals surface area contributed by atoms with Gasteiger partial charge in [-0.25, -0.2) is 0 Å². The largest absolute Gasteiger partial charge is 0.417 e. The third-order valence-electron chi connectivity index (χ3n) is 1.45. The molecule has 0 saturated heterocycles. The quantitative estimate of drug-likeness (QED) is 0.658. The fourth-order valence-corrected chi connectivity index (χ4v) is 0.842. The third-order valence-corrected chi connectivity index (χ3v) is 1.45. The number of hydrogen-bond donors (Lipinski definition) is 0. The van der Waals surface area contributed by atoms with E-state index in [0.717, 1.165) is 12.3 Å². The Morgan fingerprint density at radius 3 is 2.38 bits per heavy atom. The first-order valence-corrected chi connectivity index (χ1v) is 3.70. The van der Waals surface area contributed by atoms with E-state index in [9.17, 15) is 13.2 Å². The number of nitrogens with zero attached hydrogens (tertiary/aromatic N) is 1. The van der Waals surface area contributed by atoms with Crippen molar-refractivity contribution in [3.8, 4) is 0 Å². The maximum Gasteiger partial charge on any atom is 0.417 e. The van der Waals surface area contributed by atoms with Gasteiger partial charge in [-0.2, -0.15) is 13.2 Å². The Hall–Kier alpha value is -1.32. The molecular formula is C9H8F3N. The van der Waals surface area contributed by atoms with Crippen LogP contribution in [0, 0.1) is 0 Å². The van der Waals surface area contributed by atoms with Crippen molar-refractivity contribution in [3.63, 3.8) is 0 Å². The first-order valence-electron chi connectivity index (χ1n) is 3.70. The molecule has 1 nitrogen and oxygen atoms in total. The molecular weight excluding hydrogens is 179 g/mol. The molecule has 1 rings (SSSR count). The molecule has 0 aromatic carbocycles. The normalized spacial score (nSPS) is 12.3. The van der Waals surface area contributed by atoms with Gasteiger partial charge in [0.2, 0.25) is 0 Å². The Labute approximate surface area is 73.9 Å². The highest BCUT2D eigenvalue weighted by atomic mass is 19.4. The molecule has 13 heavy (non-hydrogen) atoms. The molecule has 0 amide bonds. The Balaban J connectivity index is 2.94. The smallest absolute Gasteiger partial charge is 0.256 e. The summed E-state index contributed by atoms with van der Waals surface area (Å²) in [5, 5.41) is 0. The molecule has 0 fully saturated rings. The number of aromatic nitrogens is 1. The zero-order valence-corrected chi connectivity index (χ0v) is 6.97. The van der Waals surface area contributed by atoms with Crippen LogP contribution in [0.15, 0.2) is 24.4 Å². The molecule has 4 heteroatoms. The number of rotatable bonds is 1. The van der Waals surface area contributed by atoms with E-state index in [1.54, 1.807) is 19.1 Å². The van der Waals surface area contributed by atoms with Crippen LogP contribution >= 0.6 is 0 Å². The van der Waals surface area contributed by atoms with Crippen molar-refractivity contribution in [1.82, 2.24) is 4.98 Å². The van der Waals surface area contributed by atoms with Gasteiger partial charge in [-0.05, 0) is 25.1 Å². The number of halogens is 3. The second kappa shape index (κ2) is 3.60. The first kappa shape index (κ1) is 9.77. The van der Waals surface area contributed by atoms with E-state index < -0.39 is 11.7 Å². The van der Waals surface area contributed by atoms with Crippen LogP contribution in [0.3, 0.4) is 0 Å². The zero-order chi connectivity index (χ0) is 9.90. The number of pyridine rings is 1. The molecule has 0 radical (unpaired) electrons. The van der Waals surface area contributed by atoms with Crippen molar-refractivity contribution in [2.75, 3.05) is 0 Å². The molecule has 70 valence electrons. The van der Waals surface area contributed by atoms with Crippen LogP contribution in [-0.4, -0.2) is 4.98 Å². The molecule has 0 aliphatic rings. The van der Waals surface area contributed by atoms with Crippen molar-refractivity contribution in [2.24, 2.45) is 0 Å². The average Bonchev–Trinajstić information content (AvgIpc) is 2.04. The molecule has 0 N–H and O–H groups in total. The minimum Gasteiger partial charge on any atom is -0.256 e. The van der Waals surface area contributed by atoms with Gasteiger partial charge in [0.15, 0.2) is 0 Å². The third kappa shape index (κ3) is 2.57. The van der Waals surface area contributed by atoms with Crippen LogP contribution in [0.4, 0.5) is 13.2 Å². The summed E-state index contributed by atoms with van der Waals surface area (Å²) >= 11 is 0. The average molecular weight is 187 g/mol. The number of allylic oxidation sites excluding steroid dienone is 1. The Morgan fingerprint density at radius 2 is 2.00 bits per heavy atom. The van der Waals surface area contributed by atoms with E-state index in [1.807, 2.05) is 0 Å². The molecule has 1 heterocycles. The molecule has 0 atom stereocenters. The van der Waals surface area contributed by atoms with E-state index in [-0.39, 0.29) is 0 Å². The topological polar surface area (TPSA) is 12.9 Å². The zero-order valence-electron chi connectivity index (χ0n) is 6.97. The van der Waals surface area contributed by atoms with Gasteiger partial charge in [0.05, 0.1) is 11.3 Å². The van der Waals surface area contributed by atoms with Gasteiger partial charge in [-0.1, -0.05) is 6.08 Å². The lowest BCUT2D eigenvalue weighted by atomic mass is 10.2. The molecule has 1 aromatic heterocycles. The summed E-state index contributed by atoms with van der Waals surface area (Å²) in [7, 11) is 0. The summed E-state index contributed by atoms with van der Waals surface area (Å²) in [6.45, 7) is 1.78. The van der Waals surface area contributed by atoms with E-state index in [2.05, 4.69) is 4.98 Å². The van der Waals surface area contributed by atoms with Crippen molar-refractivity contribution < 1.29 is 13.2 Å². The molecule has 0 bridgehead atoms. The van der Waals surface area contributed by atoms with Gasteiger partial charge in [0.25, 0.3) is 0 Å². The Bertz CT molecular complexity index is 298. The number of alkyl halides is 3. The van der Waals surface area contributed by atoms with Crippen molar-refractivity contribution >= 4 is 6.08 Å². The minimum atomic E-state index is -4.30. The van der Waals surface area contributed by atoms with Crippen LogP contribution in [0.2, 0.25) is 0 Å². The number of hydrogen-bond acceptors (Lipinski definition) is 1. The summed E-state index contributed by atoms with van der Waals surface area (Å²) in [5.41, 5.74) is -0.198. The highest BCUT2D eigenvalue weighted by Gasteiger charge is 2.30. The van der Waals surface area contributed by atoms with Gasteiger partial charge in [0.1, 0.15) is 0 Å². The fourth-order valence-electron chi connectivity index (χ4n) is 0.842. The predicted molar refractivity (Wildman–Crippen MR) is 43.9 cm³/mol. The lowest BCUT2D eigenvalue weighted by Crippen LogP contribution is -2.05. The Kier molecular flexibility index (Phi) is 2.70. The van der Waals surface area contributed by atoms with Crippen LogP contribution < -0.4 is 0 Å². The Morgan fingerprint density at radius 1 is 1.31 bits per heavy atom. The lowest BCUT2D eigenvalue weighted by Gasteiger charge is -2.04. The molecule has 0 unspecified atom stereocenters. The SMILES string of the molecule is C/C=C/c1ccc(C(F)(F)F)cn1. The van der Waals surface area contributed by atoms with Crippen LogP contribution in [0.5, 0.6) is 0 Å². The lowest BCUT2D eigenvalue weighted by molar-refractivity contribution is -0.137. The van der Waals surface area contributed by atoms with E-state index >= 15 is 0 Å². The van der Waals surface area contributed by atoms with Gasteiger partial charge in [-0.3, -0.25) is 4.98 Å². The highest BCUT2D eigenvalue weighted by Crippen LogP contribution is 2.28. The van der Waals surface area contributed by atoms with Crippen molar-refractivity contribution in [1.29, 1.82) is 0 Å². The maximum absolute atomic E-state index is 12.0. The van der Waals surface area contributed by atoms with Crippen LogP contribution in [0.25, 0.3) is 6.08 Å². The first-order chi connectivity index (χ1) is 6.04. The van der Waals surface area contributed by atoms with Gasteiger partial charge in [-0.15, -0.1) is 0 Å². The predicted octanol–water partition coefficient (Wildman–Crippen LogP) is 3.13. The molecule has 0 spiro atoms. The molecule has 0 aliphatic carbocycles. The van der Waals surface area contributed by atoms with Gasteiger partial charge in [0, 0.05) is 6.20 Å². The van der Waals surface area contributed by atoms with Crippen LogP contribution in [-0.2, 0) is 6.18 Å². The van der Waals surface area contributed by atoms with Crippen molar-refractivity contribution in [3.05, 3.63) is 35.7 Å². The van der Waals surface area contributed by atoms with E-state index in [0.29, 0.717) is 5.69 Å². The van der Waals surface area contributed by atoms with Gasteiger partial charge >= 0.3 is 6.18 Å². The van der Waals surface area contributed by atoms with Gasteiger partial charge < -0.3 is 0 Å². The van der Waals surface area contributed by atoms with Crippen LogP contribution in [0.1, 0.15) is 18.2 Å². The summed E-state index contributed by atoms with van der Waals surface area (Å²) in [6, 6.07) is 2.35. The maximum atomic E-state index is 12.0. The molecule has 0 aliphatic heterocycles. The standard InChI is InChI=1S/C9H8F3N/c1-2-3-8-5-4-7(6-13-8)9(10,11)12/h2-6H,1H3/b3-2+. The second-order valence-corrected chi connectivity index (χ2v) is 2.47. The second-order valence-electron chi connectivity index (χ2n) is 2.47. The van der Waals surface area contributed by atoms with E-state index in [4.69, 9.17) is 0 Å². The minimum absolute atomic E-state index is 0.524. The monoisotopic (exact) mass is 187 g/mol. The summed E-state index contributed by atoms with van der Waals surface area (Å²) < 4.78 is 36.1. The van der Waals surface area contributed by atoms with E-state index in [1.165, 1.54) is 6.07 Å². The molecule has 1 aromatic rings. The fraction of sp³-hybridized carbons (Fsp3) is 0.222.